The van der Waals surface area contributed by atoms with Crippen molar-refractivity contribution in [3.8, 4) is 11.5 Å². The molecule has 0 fully saturated rings. The van der Waals surface area contributed by atoms with E-state index in [-0.39, 0.29) is 17.9 Å². The van der Waals surface area contributed by atoms with Crippen molar-refractivity contribution in [3.63, 3.8) is 0 Å². The lowest BCUT2D eigenvalue weighted by atomic mass is 9.93. The molecule has 1 aliphatic rings. The average molecular weight is 507 g/mol. The maximum atomic E-state index is 13.7. The van der Waals surface area contributed by atoms with Crippen molar-refractivity contribution in [2.45, 2.75) is 46.6 Å². The Morgan fingerprint density at radius 3 is 2.53 bits per heavy atom. The Morgan fingerprint density at radius 1 is 1.17 bits per heavy atom. The van der Waals surface area contributed by atoms with E-state index in [4.69, 9.17) is 9.47 Å². The van der Waals surface area contributed by atoms with Crippen LogP contribution in [0, 0.1) is 0 Å². The minimum absolute atomic E-state index is 0.0370. The van der Waals surface area contributed by atoms with Gasteiger partial charge in [-0.25, -0.2) is 9.79 Å². The Kier molecular flexibility index (Phi) is 7.45. The highest BCUT2D eigenvalue weighted by molar-refractivity contribution is 7.07. The molecule has 0 amide bonds. The zero-order valence-corrected chi connectivity index (χ0v) is 21.9. The normalized spacial score (nSPS) is 15.6. The van der Waals surface area contributed by atoms with Gasteiger partial charge in [0, 0.05) is 0 Å². The first-order valence-corrected chi connectivity index (χ1v) is 12.8. The van der Waals surface area contributed by atoms with Crippen LogP contribution in [0.2, 0.25) is 0 Å². The molecule has 1 N–H and O–H groups in total. The van der Waals surface area contributed by atoms with Gasteiger partial charge in [-0.3, -0.25) is 9.36 Å². The minimum Gasteiger partial charge on any atom is -0.504 e. The highest BCUT2D eigenvalue weighted by atomic mass is 32.1. The van der Waals surface area contributed by atoms with Crippen LogP contribution in [0.1, 0.15) is 63.3 Å². The van der Waals surface area contributed by atoms with Crippen LogP contribution < -0.4 is 19.6 Å². The Balaban J connectivity index is 1.90. The van der Waals surface area contributed by atoms with Crippen molar-refractivity contribution in [2.75, 3.05) is 13.2 Å². The molecule has 0 spiro atoms. The summed E-state index contributed by atoms with van der Waals surface area (Å²) in [6.07, 6.45) is 1.74. The number of thiazole rings is 1. The number of hydrogen-bond acceptors (Lipinski definition) is 7. The summed E-state index contributed by atoms with van der Waals surface area (Å²) in [7, 11) is 0. The first kappa shape index (κ1) is 25.4. The number of carbonyl (C=O) groups is 1. The van der Waals surface area contributed by atoms with E-state index in [1.807, 2.05) is 31.2 Å². The van der Waals surface area contributed by atoms with E-state index in [0.29, 0.717) is 44.4 Å². The standard InChI is InChI=1S/C28H30N2O5S/c1-6-34-22-14-18(8-13-21(22)31)15-23-26(32)30-25(20-11-9-19(10-12-20)16(3)4)24(27(33)35-7-2)17(5)29-28(30)36-23/h8-16,25,31H,6-7H2,1-5H3/b23-15-/t25-/m1/s1. The van der Waals surface area contributed by atoms with Gasteiger partial charge in [-0.2, -0.15) is 0 Å². The lowest BCUT2D eigenvalue weighted by Crippen LogP contribution is -2.39. The predicted molar refractivity (Wildman–Crippen MR) is 140 cm³/mol. The largest absolute Gasteiger partial charge is 0.504 e. The van der Waals surface area contributed by atoms with Crippen LogP contribution in [-0.2, 0) is 9.53 Å². The summed E-state index contributed by atoms with van der Waals surface area (Å²) in [6.45, 7) is 10.2. The van der Waals surface area contributed by atoms with Crippen molar-refractivity contribution in [1.29, 1.82) is 0 Å². The SMILES string of the molecule is CCOC(=O)C1=C(C)N=c2s/c(=C\c3ccc(O)c(OCC)c3)c(=O)n2[C@@H]1c1ccc(C(C)C)cc1. The van der Waals surface area contributed by atoms with Crippen LogP contribution in [0.25, 0.3) is 6.08 Å². The number of ether oxygens (including phenoxy) is 2. The molecule has 8 heteroatoms. The number of carbonyl (C=O) groups excluding carboxylic acids is 1. The smallest absolute Gasteiger partial charge is 0.338 e. The van der Waals surface area contributed by atoms with E-state index in [1.165, 1.54) is 23.0 Å². The van der Waals surface area contributed by atoms with E-state index in [2.05, 4.69) is 18.8 Å². The maximum Gasteiger partial charge on any atom is 0.338 e. The van der Waals surface area contributed by atoms with Crippen LogP contribution in [-0.4, -0.2) is 28.9 Å². The van der Waals surface area contributed by atoms with Crippen LogP contribution in [0.15, 0.2) is 63.5 Å². The topological polar surface area (TPSA) is 90.1 Å². The second-order valence-electron chi connectivity index (χ2n) is 8.78. The number of fused-ring (bicyclic) bond motifs is 1. The molecule has 1 aromatic heterocycles. The van der Waals surface area contributed by atoms with Gasteiger partial charge >= 0.3 is 5.97 Å². The van der Waals surface area contributed by atoms with Gasteiger partial charge in [0.05, 0.1) is 35.1 Å². The van der Waals surface area contributed by atoms with E-state index >= 15 is 0 Å². The third kappa shape index (κ3) is 4.86. The number of rotatable bonds is 7. The molecule has 7 nitrogen and oxygen atoms in total. The third-order valence-electron chi connectivity index (χ3n) is 6.02. The third-order valence-corrected chi connectivity index (χ3v) is 7.00. The molecular weight excluding hydrogens is 476 g/mol. The summed E-state index contributed by atoms with van der Waals surface area (Å²) in [5, 5.41) is 10.0. The van der Waals surface area contributed by atoms with Gasteiger partial charge in [-0.05, 0) is 61.6 Å². The summed E-state index contributed by atoms with van der Waals surface area (Å²) in [5.74, 6) is 0.262. The first-order chi connectivity index (χ1) is 17.2. The van der Waals surface area contributed by atoms with E-state index < -0.39 is 12.0 Å². The number of hydrogen-bond donors (Lipinski definition) is 1. The van der Waals surface area contributed by atoms with E-state index in [9.17, 15) is 14.7 Å². The van der Waals surface area contributed by atoms with Crippen LogP contribution >= 0.6 is 11.3 Å². The maximum absolute atomic E-state index is 13.7. The number of phenols is 1. The number of phenolic OH excluding ortho intramolecular Hbond substituents is 1. The lowest BCUT2D eigenvalue weighted by molar-refractivity contribution is -0.139. The molecule has 0 aliphatic carbocycles. The molecular formula is C28H30N2O5S. The van der Waals surface area contributed by atoms with Crippen molar-refractivity contribution in [2.24, 2.45) is 4.99 Å². The van der Waals surface area contributed by atoms with Crippen LogP contribution in [0.3, 0.4) is 0 Å². The van der Waals surface area contributed by atoms with Gasteiger partial charge in [0.15, 0.2) is 16.3 Å². The molecule has 0 radical (unpaired) electrons. The van der Waals surface area contributed by atoms with Crippen molar-refractivity contribution in [1.82, 2.24) is 4.57 Å². The molecule has 4 rings (SSSR count). The molecule has 36 heavy (non-hydrogen) atoms. The molecule has 188 valence electrons. The quantitative estimate of drug-likeness (QED) is 0.489. The fourth-order valence-electron chi connectivity index (χ4n) is 4.21. The fraction of sp³-hybridized carbons (Fsp3) is 0.321. The predicted octanol–water partition coefficient (Wildman–Crippen LogP) is 4.03. The first-order valence-electron chi connectivity index (χ1n) is 12.0. The fourth-order valence-corrected chi connectivity index (χ4v) is 5.26. The molecule has 1 atom stereocenters. The van der Waals surface area contributed by atoms with E-state index in [0.717, 1.165) is 5.56 Å². The van der Waals surface area contributed by atoms with Gasteiger partial charge in [-0.1, -0.05) is 55.5 Å². The zero-order valence-electron chi connectivity index (χ0n) is 21.1. The Hall–Kier alpha value is -3.65. The molecule has 0 saturated heterocycles. The Bertz CT molecular complexity index is 1500. The van der Waals surface area contributed by atoms with Gasteiger partial charge < -0.3 is 14.6 Å². The van der Waals surface area contributed by atoms with Crippen LogP contribution in [0.5, 0.6) is 11.5 Å². The number of esters is 1. The Morgan fingerprint density at radius 2 is 1.89 bits per heavy atom. The summed E-state index contributed by atoms with van der Waals surface area (Å²) in [6, 6.07) is 12.3. The summed E-state index contributed by atoms with van der Waals surface area (Å²) >= 11 is 1.26. The monoisotopic (exact) mass is 506 g/mol. The number of aromatic hydroxyl groups is 1. The number of aromatic nitrogens is 1. The molecule has 1 aliphatic heterocycles. The zero-order chi connectivity index (χ0) is 26.0. The summed E-state index contributed by atoms with van der Waals surface area (Å²) in [5.41, 5.74) is 3.33. The van der Waals surface area contributed by atoms with Gasteiger partial charge in [0.2, 0.25) is 0 Å². The lowest BCUT2D eigenvalue weighted by Gasteiger charge is -2.25. The number of benzene rings is 2. The highest BCUT2D eigenvalue weighted by Crippen LogP contribution is 2.32. The minimum atomic E-state index is -0.650. The molecule has 2 aromatic carbocycles. The number of nitrogens with zero attached hydrogens (tertiary/aromatic N) is 2. The summed E-state index contributed by atoms with van der Waals surface area (Å²) < 4.78 is 12.9. The van der Waals surface area contributed by atoms with Gasteiger partial charge in [-0.15, -0.1) is 0 Å². The Labute approximate surface area is 213 Å². The molecule has 0 saturated carbocycles. The summed E-state index contributed by atoms with van der Waals surface area (Å²) in [4.78, 5) is 31.9. The molecule has 0 bridgehead atoms. The van der Waals surface area contributed by atoms with Gasteiger partial charge in [0.25, 0.3) is 5.56 Å². The molecule has 0 unspecified atom stereocenters. The average Bonchev–Trinajstić information content (AvgIpc) is 3.15. The number of allylic oxidation sites excluding steroid dienone is 1. The molecule has 2 heterocycles. The van der Waals surface area contributed by atoms with Crippen LogP contribution in [0.4, 0.5) is 0 Å². The second kappa shape index (κ2) is 10.5. The van der Waals surface area contributed by atoms with Crippen molar-refractivity contribution < 1.29 is 19.4 Å². The van der Waals surface area contributed by atoms with Gasteiger partial charge in [0.1, 0.15) is 0 Å². The highest BCUT2D eigenvalue weighted by Gasteiger charge is 2.33. The van der Waals surface area contributed by atoms with Crippen molar-refractivity contribution in [3.05, 3.63) is 90.1 Å². The van der Waals surface area contributed by atoms with Crippen molar-refractivity contribution >= 4 is 23.4 Å². The second-order valence-corrected chi connectivity index (χ2v) is 9.79. The van der Waals surface area contributed by atoms with E-state index in [1.54, 1.807) is 36.6 Å². The molecule has 3 aromatic rings.